The molecule has 21 heavy (non-hydrogen) atoms. The van der Waals surface area contributed by atoms with Crippen molar-refractivity contribution in [2.24, 2.45) is 0 Å². The monoisotopic (exact) mass is 293 g/mol. The highest BCUT2D eigenvalue weighted by molar-refractivity contribution is 5.74. The Kier molecular flexibility index (Phi) is 6.11. The maximum absolute atomic E-state index is 12.2. The molecule has 0 aliphatic heterocycles. The number of nitrogens with one attached hydrogen (secondary N) is 1. The van der Waals surface area contributed by atoms with E-state index in [1.807, 2.05) is 13.0 Å². The third-order valence-electron chi connectivity index (χ3n) is 4.31. The first-order valence-electron chi connectivity index (χ1n) is 7.94. The number of rotatable bonds is 7. The second-order valence-electron chi connectivity index (χ2n) is 5.80. The number of amides is 2. The molecule has 0 unspecified atom stereocenters. The van der Waals surface area contributed by atoms with Crippen LogP contribution in [0.1, 0.15) is 38.2 Å². The van der Waals surface area contributed by atoms with Gasteiger partial charge in [0.15, 0.2) is 0 Å². The predicted molar refractivity (Wildman–Crippen MR) is 83.1 cm³/mol. The smallest absolute Gasteiger partial charge is 0.317 e. The summed E-state index contributed by atoms with van der Waals surface area (Å²) in [5, 5.41) is 3.02. The molecule has 0 saturated heterocycles. The Hall–Kier alpha value is -1.49. The van der Waals surface area contributed by atoms with E-state index in [0.29, 0.717) is 25.7 Å². The molecule has 1 aromatic heterocycles. The molecule has 0 atom stereocenters. The van der Waals surface area contributed by atoms with Crippen LogP contribution in [0.5, 0.6) is 0 Å². The molecule has 2 rings (SSSR count). The molecule has 0 radical (unpaired) electrons. The lowest BCUT2D eigenvalue weighted by Gasteiger charge is -2.25. The Morgan fingerprint density at radius 1 is 1.43 bits per heavy atom. The Labute approximate surface area is 127 Å². The Morgan fingerprint density at radius 2 is 2.19 bits per heavy atom. The zero-order valence-electron chi connectivity index (χ0n) is 13.2. The van der Waals surface area contributed by atoms with E-state index in [4.69, 9.17) is 4.42 Å². The van der Waals surface area contributed by atoms with Crippen molar-refractivity contribution in [2.75, 3.05) is 26.7 Å². The van der Waals surface area contributed by atoms with Crippen molar-refractivity contribution in [3.05, 3.63) is 24.2 Å². The number of urea groups is 1. The summed E-state index contributed by atoms with van der Waals surface area (Å²) in [6.45, 7) is 4.89. The van der Waals surface area contributed by atoms with E-state index in [1.54, 1.807) is 17.4 Å². The number of carbonyl (C=O) groups excluding carboxylic acids is 1. The largest absolute Gasteiger partial charge is 0.472 e. The molecule has 1 aliphatic rings. The summed E-state index contributed by atoms with van der Waals surface area (Å²) < 4.78 is 5.04. The van der Waals surface area contributed by atoms with E-state index in [2.05, 4.69) is 17.3 Å². The normalized spacial score (nSPS) is 15.6. The first kappa shape index (κ1) is 15.9. The van der Waals surface area contributed by atoms with Crippen molar-refractivity contribution < 1.29 is 9.21 Å². The SMILES string of the molecule is CCN(Cc1ccoc1)C(=O)NCCN(C)C1CCCC1. The summed E-state index contributed by atoms with van der Waals surface area (Å²) in [4.78, 5) is 16.3. The summed E-state index contributed by atoms with van der Waals surface area (Å²) in [6, 6.07) is 2.60. The minimum Gasteiger partial charge on any atom is -0.472 e. The topological polar surface area (TPSA) is 48.7 Å². The molecule has 0 aromatic carbocycles. The van der Waals surface area contributed by atoms with Crippen LogP contribution in [0.4, 0.5) is 4.79 Å². The summed E-state index contributed by atoms with van der Waals surface area (Å²) in [5.74, 6) is 0. The fourth-order valence-corrected chi connectivity index (χ4v) is 2.91. The molecular weight excluding hydrogens is 266 g/mol. The number of furan rings is 1. The minimum atomic E-state index is -0.00137. The van der Waals surface area contributed by atoms with Gasteiger partial charge in [0.25, 0.3) is 0 Å². The third kappa shape index (κ3) is 4.77. The molecular formula is C16H27N3O2. The second kappa shape index (κ2) is 8.08. The van der Waals surface area contributed by atoms with Crippen LogP contribution in [0.25, 0.3) is 0 Å². The van der Waals surface area contributed by atoms with Gasteiger partial charge in [-0.3, -0.25) is 0 Å². The highest BCUT2D eigenvalue weighted by Gasteiger charge is 2.19. The lowest BCUT2D eigenvalue weighted by molar-refractivity contribution is 0.193. The van der Waals surface area contributed by atoms with Gasteiger partial charge in [-0.2, -0.15) is 0 Å². The van der Waals surface area contributed by atoms with Crippen LogP contribution < -0.4 is 5.32 Å². The van der Waals surface area contributed by atoms with E-state index in [9.17, 15) is 4.79 Å². The van der Waals surface area contributed by atoms with Crippen LogP contribution in [0.2, 0.25) is 0 Å². The number of hydrogen-bond acceptors (Lipinski definition) is 3. The predicted octanol–water partition coefficient (Wildman–Crippen LogP) is 2.69. The summed E-state index contributed by atoms with van der Waals surface area (Å²) in [5.41, 5.74) is 1.02. The van der Waals surface area contributed by atoms with E-state index in [-0.39, 0.29) is 6.03 Å². The Balaban J connectivity index is 1.69. The third-order valence-corrected chi connectivity index (χ3v) is 4.31. The molecule has 0 bridgehead atoms. The molecule has 1 N–H and O–H groups in total. The van der Waals surface area contributed by atoms with E-state index in [0.717, 1.165) is 12.1 Å². The fourth-order valence-electron chi connectivity index (χ4n) is 2.91. The van der Waals surface area contributed by atoms with E-state index in [1.165, 1.54) is 25.7 Å². The zero-order valence-corrected chi connectivity index (χ0v) is 13.2. The number of likely N-dealkylation sites (N-methyl/N-ethyl adjacent to an activating group) is 1. The maximum Gasteiger partial charge on any atom is 0.317 e. The molecule has 2 amide bonds. The maximum atomic E-state index is 12.2. The van der Waals surface area contributed by atoms with Crippen LogP contribution in [-0.4, -0.2) is 48.6 Å². The van der Waals surface area contributed by atoms with Crippen molar-refractivity contribution in [3.8, 4) is 0 Å². The second-order valence-corrected chi connectivity index (χ2v) is 5.80. The van der Waals surface area contributed by atoms with Crippen molar-refractivity contribution in [3.63, 3.8) is 0 Å². The van der Waals surface area contributed by atoms with E-state index >= 15 is 0 Å². The van der Waals surface area contributed by atoms with Gasteiger partial charge in [-0.1, -0.05) is 12.8 Å². The highest BCUT2D eigenvalue weighted by Crippen LogP contribution is 2.21. The highest BCUT2D eigenvalue weighted by atomic mass is 16.3. The average molecular weight is 293 g/mol. The summed E-state index contributed by atoms with van der Waals surface area (Å²) in [6.07, 6.45) is 8.60. The lowest BCUT2D eigenvalue weighted by Crippen LogP contribution is -2.43. The van der Waals surface area contributed by atoms with E-state index < -0.39 is 0 Å². The molecule has 1 heterocycles. The standard InChI is InChI=1S/C16H27N3O2/c1-3-19(12-14-8-11-21-13-14)16(20)17-9-10-18(2)15-6-4-5-7-15/h8,11,13,15H,3-7,9-10,12H2,1-2H3,(H,17,20). The van der Waals surface area contributed by atoms with Crippen LogP contribution in [0, 0.1) is 0 Å². The minimum absolute atomic E-state index is 0.00137. The van der Waals surface area contributed by atoms with Gasteiger partial charge in [-0.05, 0) is 32.9 Å². The molecule has 0 spiro atoms. The van der Waals surface area contributed by atoms with Gasteiger partial charge in [0.05, 0.1) is 19.1 Å². The molecule has 5 heteroatoms. The van der Waals surface area contributed by atoms with Crippen molar-refractivity contribution in [1.29, 1.82) is 0 Å². The van der Waals surface area contributed by atoms with Crippen LogP contribution in [-0.2, 0) is 6.54 Å². The number of nitrogens with zero attached hydrogens (tertiary/aromatic N) is 2. The molecule has 1 aromatic rings. The molecule has 1 fully saturated rings. The molecule has 1 aliphatic carbocycles. The lowest BCUT2D eigenvalue weighted by atomic mass is 10.2. The average Bonchev–Trinajstić information content (AvgIpc) is 3.17. The van der Waals surface area contributed by atoms with Gasteiger partial charge in [-0.25, -0.2) is 4.79 Å². The van der Waals surface area contributed by atoms with Gasteiger partial charge in [0, 0.05) is 31.2 Å². The van der Waals surface area contributed by atoms with Gasteiger partial charge < -0.3 is 19.5 Å². The Bertz CT molecular complexity index is 413. The first-order chi connectivity index (χ1) is 10.2. The molecule has 118 valence electrons. The summed E-state index contributed by atoms with van der Waals surface area (Å²) >= 11 is 0. The molecule has 1 saturated carbocycles. The fraction of sp³-hybridized carbons (Fsp3) is 0.688. The first-order valence-corrected chi connectivity index (χ1v) is 7.94. The van der Waals surface area contributed by atoms with Crippen LogP contribution in [0.15, 0.2) is 23.0 Å². The van der Waals surface area contributed by atoms with Gasteiger partial charge in [0.2, 0.25) is 0 Å². The van der Waals surface area contributed by atoms with Gasteiger partial charge in [0.1, 0.15) is 0 Å². The Morgan fingerprint density at radius 3 is 2.81 bits per heavy atom. The van der Waals surface area contributed by atoms with Crippen molar-refractivity contribution >= 4 is 6.03 Å². The zero-order chi connectivity index (χ0) is 15.1. The van der Waals surface area contributed by atoms with Crippen molar-refractivity contribution in [1.82, 2.24) is 15.1 Å². The van der Waals surface area contributed by atoms with Crippen LogP contribution >= 0.6 is 0 Å². The molecule has 5 nitrogen and oxygen atoms in total. The van der Waals surface area contributed by atoms with Crippen LogP contribution in [0.3, 0.4) is 0 Å². The van der Waals surface area contributed by atoms with Gasteiger partial charge >= 0.3 is 6.03 Å². The van der Waals surface area contributed by atoms with Gasteiger partial charge in [-0.15, -0.1) is 0 Å². The number of hydrogen-bond donors (Lipinski definition) is 1. The summed E-state index contributed by atoms with van der Waals surface area (Å²) in [7, 11) is 2.16. The number of carbonyl (C=O) groups is 1. The van der Waals surface area contributed by atoms with Crippen molar-refractivity contribution in [2.45, 2.75) is 45.2 Å². The quantitative estimate of drug-likeness (QED) is 0.841.